The summed E-state index contributed by atoms with van der Waals surface area (Å²) in [6.07, 6.45) is 0. The number of benzene rings is 1. The van der Waals surface area contributed by atoms with Crippen molar-refractivity contribution < 1.29 is 14.3 Å². The molecule has 0 aliphatic heterocycles. The van der Waals surface area contributed by atoms with Crippen LogP contribution in [0.2, 0.25) is 0 Å². The molecule has 1 heterocycles. The largest absolute Gasteiger partial charge is 0.497 e. The van der Waals surface area contributed by atoms with Crippen molar-refractivity contribution >= 4 is 27.7 Å². The van der Waals surface area contributed by atoms with Crippen molar-refractivity contribution in [3.63, 3.8) is 0 Å². The quantitative estimate of drug-likeness (QED) is 0.613. The lowest BCUT2D eigenvalue weighted by molar-refractivity contribution is 0.0924. The summed E-state index contributed by atoms with van der Waals surface area (Å²) in [5.41, 5.74) is 1.71. The first-order valence-corrected chi connectivity index (χ1v) is 8.67. The van der Waals surface area contributed by atoms with Gasteiger partial charge in [-0.2, -0.15) is 5.10 Å². The third-order valence-electron chi connectivity index (χ3n) is 3.57. The van der Waals surface area contributed by atoms with Crippen molar-refractivity contribution in [3.8, 4) is 5.75 Å². The lowest BCUT2D eigenvalue weighted by Gasteiger charge is -2.07. The van der Waals surface area contributed by atoms with E-state index in [9.17, 15) is 9.59 Å². The number of nitrogens with zero attached hydrogens (tertiary/aromatic N) is 1. The molecule has 8 heteroatoms. The number of amides is 2. The lowest BCUT2D eigenvalue weighted by atomic mass is 10.1. The van der Waals surface area contributed by atoms with Gasteiger partial charge in [0.05, 0.1) is 17.3 Å². The maximum absolute atomic E-state index is 12.1. The van der Waals surface area contributed by atoms with E-state index in [0.29, 0.717) is 34.6 Å². The Labute approximate surface area is 154 Å². The van der Waals surface area contributed by atoms with Crippen molar-refractivity contribution in [2.45, 2.75) is 19.8 Å². The average molecular weight is 409 g/mol. The smallest absolute Gasteiger partial charge is 0.273 e. The third-order valence-corrected chi connectivity index (χ3v) is 4.38. The summed E-state index contributed by atoms with van der Waals surface area (Å²) in [6, 6.07) is 6.80. The molecule has 0 saturated carbocycles. The highest BCUT2D eigenvalue weighted by Crippen LogP contribution is 2.25. The maximum Gasteiger partial charge on any atom is 0.273 e. The fourth-order valence-electron chi connectivity index (χ4n) is 2.16. The molecule has 0 unspecified atom stereocenters. The van der Waals surface area contributed by atoms with Crippen LogP contribution in [0.4, 0.5) is 0 Å². The molecule has 0 fully saturated rings. The molecule has 2 aromatic rings. The molecular formula is C17H21BrN4O3. The van der Waals surface area contributed by atoms with Gasteiger partial charge in [-0.3, -0.25) is 14.7 Å². The second-order valence-electron chi connectivity index (χ2n) is 5.69. The van der Waals surface area contributed by atoms with Crippen LogP contribution >= 0.6 is 15.9 Å². The van der Waals surface area contributed by atoms with Crippen molar-refractivity contribution in [2.75, 3.05) is 20.2 Å². The summed E-state index contributed by atoms with van der Waals surface area (Å²) in [4.78, 5) is 24.1. The number of aromatic nitrogens is 2. The number of hydrogen-bond donors (Lipinski definition) is 3. The van der Waals surface area contributed by atoms with Gasteiger partial charge >= 0.3 is 0 Å². The van der Waals surface area contributed by atoms with Gasteiger partial charge in [0.1, 0.15) is 5.75 Å². The summed E-state index contributed by atoms with van der Waals surface area (Å²) in [5.74, 6) is 0.412. The fraction of sp³-hybridized carbons (Fsp3) is 0.353. The zero-order valence-corrected chi connectivity index (χ0v) is 15.9. The molecule has 2 amide bonds. The number of methoxy groups -OCH3 is 1. The molecule has 3 N–H and O–H groups in total. The number of aromatic amines is 1. The van der Waals surface area contributed by atoms with Gasteiger partial charge in [0.2, 0.25) is 0 Å². The molecule has 0 aliphatic rings. The van der Waals surface area contributed by atoms with E-state index in [-0.39, 0.29) is 17.7 Å². The maximum atomic E-state index is 12.1. The van der Waals surface area contributed by atoms with Crippen LogP contribution in [0.3, 0.4) is 0 Å². The molecule has 0 radical (unpaired) electrons. The second kappa shape index (κ2) is 8.66. The van der Waals surface area contributed by atoms with E-state index in [2.05, 4.69) is 36.8 Å². The first-order chi connectivity index (χ1) is 11.9. The SMILES string of the molecule is COc1ccc(C(=O)NCCNC(=O)c2n[nH]c(C(C)C)c2Br)cc1. The van der Waals surface area contributed by atoms with Gasteiger partial charge in [0, 0.05) is 18.7 Å². The van der Waals surface area contributed by atoms with Crippen LogP contribution in [0.5, 0.6) is 5.75 Å². The summed E-state index contributed by atoms with van der Waals surface area (Å²) >= 11 is 3.39. The minimum atomic E-state index is -0.297. The van der Waals surface area contributed by atoms with Crippen molar-refractivity contribution in [3.05, 3.63) is 45.7 Å². The molecule has 0 spiro atoms. The highest BCUT2D eigenvalue weighted by Gasteiger charge is 2.18. The first kappa shape index (κ1) is 19.0. The molecule has 25 heavy (non-hydrogen) atoms. The fourth-order valence-corrected chi connectivity index (χ4v) is 2.97. The highest BCUT2D eigenvalue weighted by atomic mass is 79.9. The number of H-pyrrole nitrogens is 1. The zero-order valence-electron chi connectivity index (χ0n) is 14.4. The van der Waals surface area contributed by atoms with Crippen LogP contribution < -0.4 is 15.4 Å². The van der Waals surface area contributed by atoms with Gasteiger partial charge in [-0.25, -0.2) is 0 Å². The van der Waals surface area contributed by atoms with Crippen LogP contribution in [0.1, 0.15) is 46.3 Å². The van der Waals surface area contributed by atoms with Crippen molar-refractivity contribution in [1.82, 2.24) is 20.8 Å². The number of halogens is 1. The van der Waals surface area contributed by atoms with Gasteiger partial charge in [0.25, 0.3) is 11.8 Å². The van der Waals surface area contributed by atoms with Crippen LogP contribution in [0.15, 0.2) is 28.7 Å². The van der Waals surface area contributed by atoms with E-state index in [1.807, 2.05) is 13.8 Å². The Morgan fingerprint density at radius 1 is 1.16 bits per heavy atom. The van der Waals surface area contributed by atoms with Gasteiger partial charge in [0.15, 0.2) is 5.69 Å². The Bertz CT molecular complexity index is 741. The van der Waals surface area contributed by atoms with E-state index >= 15 is 0 Å². The minimum Gasteiger partial charge on any atom is -0.497 e. The second-order valence-corrected chi connectivity index (χ2v) is 6.49. The Kier molecular flexibility index (Phi) is 6.58. The van der Waals surface area contributed by atoms with Gasteiger partial charge in [-0.05, 0) is 46.1 Å². The number of carbonyl (C=O) groups excluding carboxylic acids is 2. The minimum absolute atomic E-state index is 0.208. The molecule has 1 aromatic heterocycles. The normalized spacial score (nSPS) is 10.6. The molecule has 0 atom stereocenters. The van der Waals surface area contributed by atoms with E-state index in [4.69, 9.17) is 4.74 Å². The Hall–Kier alpha value is -2.35. The molecule has 0 bridgehead atoms. The zero-order chi connectivity index (χ0) is 18.4. The summed E-state index contributed by atoms with van der Waals surface area (Å²) in [5, 5.41) is 12.4. The highest BCUT2D eigenvalue weighted by molar-refractivity contribution is 9.10. The Morgan fingerprint density at radius 2 is 1.76 bits per heavy atom. The van der Waals surface area contributed by atoms with Crippen LogP contribution in [0, 0.1) is 0 Å². The van der Waals surface area contributed by atoms with E-state index in [0.717, 1.165) is 5.69 Å². The number of carbonyl (C=O) groups is 2. The Morgan fingerprint density at radius 3 is 2.28 bits per heavy atom. The predicted molar refractivity (Wildman–Crippen MR) is 98.0 cm³/mol. The van der Waals surface area contributed by atoms with Crippen LogP contribution in [0.25, 0.3) is 0 Å². The van der Waals surface area contributed by atoms with E-state index in [1.165, 1.54) is 0 Å². The van der Waals surface area contributed by atoms with Crippen molar-refractivity contribution in [2.24, 2.45) is 0 Å². The Balaban J connectivity index is 1.80. The van der Waals surface area contributed by atoms with Crippen molar-refractivity contribution in [1.29, 1.82) is 0 Å². The lowest BCUT2D eigenvalue weighted by Crippen LogP contribution is -2.35. The van der Waals surface area contributed by atoms with E-state index < -0.39 is 0 Å². The van der Waals surface area contributed by atoms with Crippen LogP contribution in [-0.2, 0) is 0 Å². The number of nitrogens with one attached hydrogen (secondary N) is 3. The topological polar surface area (TPSA) is 96.1 Å². The molecule has 134 valence electrons. The number of rotatable bonds is 7. The summed E-state index contributed by atoms with van der Waals surface area (Å²) < 4.78 is 5.72. The number of hydrogen-bond acceptors (Lipinski definition) is 4. The first-order valence-electron chi connectivity index (χ1n) is 7.88. The number of ether oxygens (including phenoxy) is 1. The van der Waals surface area contributed by atoms with Gasteiger partial charge in [-0.1, -0.05) is 13.8 Å². The van der Waals surface area contributed by atoms with Gasteiger partial charge < -0.3 is 15.4 Å². The summed E-state index contributed by atoms with van der Waals surface area (Å²) in [7, 11) is 1.57. The average Bonchev–Trinajstić information content (AvgIpc) is 3.00. The molecular weight excluding hydrogens is 388 g/mol. The standard InChI is InChI=1S/C17H21BrN4O3/c1-10(2)14-13(18)15(22-21-14)17(24)20-9-8-19-16(23)11-4-6-12(25-3)7-5-11/h4-7,10H,8-9H2,1-3H3,(H,19,23)(H,20,24)(H,21,22). The predicted octanol–water partition coefficient (Wildman–Crippen LogP) is 2.46. The van der Waals surface area contributed by atoms with Crippen LogP contribution in [-0.4, -0.2) is 42.2 Å². The summed E-state index contributed by atoms with van der Waals surface area (Å²) in [6.45, 7) is 4.63. The molecule has 0 saturated heterocycles. The molecule has 2 rings (SSSR count). The van der Waals surface area contributed by atoms with Gasteiger partial charge in [-0.15, -0.1) is 0 Å². The molecule has 1 aromatic carbocycles. The third kappa shape index (κ3) is 4.82. The monoisotopic (exact) mass is 408 g/mol. The van der Waals surface area contributed by atoms with E-state index in [1.54, 1.807) is 31.4 Å². The molecule has 7 nitrogen and oxygen atoms in total. The molecule has 0 aliphatic carbocycles.